The van der Waals surface area contributed by atoms with Crippen molar-refractivity contribution >= 4 is 17.7 Å². The Balaban J connectivity index is 1.71. The first-order valence-corrected chi connectivity index (χ1v) is 10.8. The Morgan fingerprint density at radius 1 is 0.750 bits per heavy atom. The smallest absolute Gasteiger partial charge is 0.262 e. The Bertz CT molecular complexity index is 1090. The Morgan fingerprint density at radius 2 is 1.22 bits per heavy atom. The lowest BCUT2D eigenvalue weighted by atomic mass is 10.0. The normalized spacial score (nSPS) is 13.9. The van der Waals surface area contributed by atoms with Crippen molar-refractivity contribution in [2.75, 3.05) is 0 Å². The third-order valence-corrected chi connectivity index (χ3v) is 5.80. The second kappa shape index (κ2) is 9.18. The van der Waals surface area contributed by atoms with E-state index in [9.17, 15) is 14.4 Å². The summed E-state index contributed by atoms with van der Waals surface area (Å²) < 4.78 is 0. The number of carbonyl (C=O) groups excluding carboxylic acids is 3. The van der Waals surface area contributed by atoms with E-state index in [0.29, 0.717) is 17.7 Å². The highest BCUT2D eigenvalue weighted by Gasteiger charge is 2.44. The number of hydrogen-bond donors (Lipinski definition) is 0. The van der Waals surface area contributed by atoms with Crippen molar-refractivity contribution in [3.63, 3.8) is 0 Å². The highest BCUT2D eigenvalue weighted by molar-refractivity contribution is 6.22. The molecule has 0 fully saturated rings. The molecule has 0 saturated carbocycles. The first-order chi connectivity index (χ1) is 15.5. The third kappa shape index (κ3) is 4.19. The van der Waals surface area contributed by atoms with Crippen LogP contribution in [0.4, 0.5) is 0 Å². The molecule has 0 saturated heterocycles. The van der Waals surface area contributed by atoms with Crippen LogP contribution in [0.25, 0.3) is 0 Å². The molecule has 0 aromatic heterocycles. The van der Waals surface area contributed by atoms with Gasteiger partial charge in [-0.3, -0.25) is 19.3 Å². The van der Waals surface area contributed by atoms with Crippen molar-refractivity contribution in [3.8, 4) is 0 Å². The van der Waals surface area contributed by atoms with Gasteiger partial charge in [0.1, 0.15) is 6.04 Å². The zero-order chi connectivity index (χ0) is 22.7. The monoisotopic (exact) mass is 426 g/mol. The zero-order valence-corrected chi connectivity index (χ0v) is 18.3. The molecule has 32 heavy (non-hydrogen) atoms. The molecule has 162 valence electrons. The molecule has 3 amide bonds. The van der Waals surface area contributed by atoms with Gasteiger partial charge in [-0.15, -0.1) is 0 Å². The number of fused-ring (bicyclic) bond motifs is 1. The Morgan fingerprint density at radius 3 is 1.72 bits per heavy atom. The van der Waals surface area contributed by atoms with Crippen molar-refractivity contribution in [3.05, 3.63) is 107 Å². The summed E-state index contributed by atoms with van der Waals surface area (Å²) in [5.41, 5.74) is 2.59. The first-order valence-electron chi connectivity index (χ1n) is 10.8. The predicted molar refractivity (Wildman–Crippen MR) is 123 cm³/mol. The topological polar surface area (TPSA) is 57.7 Å². The minimum atomic E-state index is -0.920. The summed E-state index contributed by atoms with van der Waals surface area (Å²) in [5, 5.41) is 0. The molecule has 0 radical (unpaired) electrons. The van der Waals surface area contributed by atoms with Crippen LogP contribution in [0.3, 0.4) is 0 Å². The van der Waals surface area contributed by atoms with E-state index in [0.717, 1.165) is 16.0 Å². The number of carbonyl (C=O) groups is 3. The van der Waals surface area contributed by atoms with Crippen molar-refractivity contribution in [2.45, 2.75) is 38.9 Å². The minimum Gasteiger partial charge on any atom is -0.334 e. The molecule has 4 rings (SSSR count). The molecular weight excluding hydrogens is 400 g/mol. The van der Waals surface area contributed by atoms with E-state index in [1.165, 1.54) is 0 Å². The molecule has 5 nitrogen and oxygen atoms in total. The number of nitrogens with zero attached hydrogens (tertiary/aromatic N) is 2. The minimum absolute atomic E-state index is 0.101. The van der Waals surface area contributed by atoms with Gasteiger partial charge >= 0.3 is 0 Å². The quantitative estimate of drug-likeness (QED) is 0.529. The Kier molecular flexibility index (Phi) is 6.17. The van der Waals surface area contributed by atoms with Gasteiger partial charge in [-0.05, 0) is 37.1 Å². The maximum absolute atomic E-state index is 13.9. The van der Waals surface area contributed by atoms with Gasteiger partial charge in [0, 0.05) is 19.0 Å². The molecule has 0 aliphatic carbocycles. The lowest BCUT2D eigenvalue weighted by Gasteiger charge is -2.34. The average Bonchev–Trinajstić information content (AvgIpc) is 3.07. The van der Waals surface area contributed by atoms with E-state index in [1.54, 1.807) is 29.2 Å². The van der Waals surface area contributed by atoms with Crippen LogP contribution >= 0.6 is 0 Å². The van der Waals surface area contributed by atoms with Gasteiger partial charge < -0.3 is 4.90 Å². The van der Waals surface area contributed by atoms with E-state index in [4.69, 9.17) is 0 Å². The molecule has 5 heteroatoms. The van der Waals surface area contributed by atoms with Crippen LogP contribution in [0.2, 0.25) is 0 Å². The van der Waals surface area contributed by atoms with Crippen LogP contribution < -0.4 is 0 Å². The molecule has 1 aliphatic heterocycles. The van der Waals surface area contributed by atoms with E-state index >= 15 is 0 Å². The number of benzene rings is 3. The molecular formula is C27H26N2O3. The van der Waals surface area contributed by atoms with Gasteiger partial charge in [0.2, 0.25) is 5.91 Å². The summed E-state index contributed by atoms with van der Waals surface area (Å²) in [6.07, 6.45) is 0.267. The fourth-order valence-corrected chi connectivity index (χ4v) is 4.10. The van der Waals surface area contributed by atoms with Crippen LogP contribution in [0.5, 0.6) is 0 Å². The second-order valence-corrected chi connectivity index (χ2v) is 8.28. The molecule has 0 bridgehead atoms. The maximum Gasteiger partial charge on any atom is 0.262 e. The van der Waals surface area contributed by atoms with E-state index in [1.807, 2.05) is 74.5 Å². The predicted octanol–water partition coefficient (Wildman–Crippen LogP) is 4.33. The van der Waals surface area contributed by atoms with Gasteiger partial charge in [0.25, 0.3) is 11.8 Å². The van der Waals surface area contributed by atoms with Crippen molar-refractivity contribution in [1.29, 1.82) is 0 Å². The van der Waals surface area contributed by atoms with E-state index in [2.05, 4.69) is 0 Å². The van der Waals surface area contributed by atoms with Gasteiger partial charge in [0.15, 0.2) is 0 Å². The van der Waals surface area contributed by atoms with Crippen molar-refractivity contribution in [1.82, 2.24) is 9.80 Å². The molecule has 0 N–H and O–H groups in total. The van der Waals surface area contributed by atoms with Crippen LogP contribution in [-0.2, 0) is 17.8 Å². The van der Waals surface area contributed by atoms with Crippen molar-refractivity contribution in [2.24, 2.45) is 0 Å². The lowest BCUT2D eigenvalue weighted by Crippen LogP contribution is -2.53. The SMILES string of the molecule is CC(C)N(Cc1ccccc1)C(=O)[C@H](Cc1ccccc1)N1C(=O)c2ccccc2C1=O. The summed E-state index contributed by atoms with van der Waals surface area (Å²) in [7, 11) is 0. The van der Waals surface area contributed by atoms with E-state index < -0.39 is 17.9 Å². The molecule has 3 aromatic carbocycles. The van der Waals surface area contributed by atoms with Crippen LogP contribution in [-0.4, -0.2) is 39.6 Å². The summed E-state index contributed by atoms with van der Waals surface area (Å²) in [6.45, 7) is 4.30. The van der Waals surface area contributed by atoms with E-state index in [-0.39, 0.29) is 18.4 Å². The Hall–Kier alpha value is -3.73. The fraction of sp³-hybridized carbons (Fsp3) is 0.222. The molecule has 1 aliphatic rings. The van der Waals surface area contributed by atoms with Gasteiger partial charge in [0.05, 0.1) is 11.1 Å². The number of imide groups is 1. The largest absolute Gasteiger partial charge is 0.334 e. The van der Waals surface area contributed by atoms with Crippen LogP contribution in [0.1, 0.15) is 45.7 Å². The third-order valence-electron chi connectivity index (χ3n) is 5.80. The van der Waals surface area contributed by atoms with Crippen molar-refractivity contribution < 1.29 is 14.4 Å². The van der Waals surface area contributed by atoms with Gasteiger partial charge in [-0.1, -0.05) is 72.8 Å². The molecule has 1 heterocycles. The molecule has 0 spiro atoms. The molecule has 1 atom stereocenters. The number of amides is 3. The number of hydrogen-bond acceptors (Lipinski definition) is 3. The highest BCUT2D eigenvalue weighted by Crippen LogP contribution is 2.27. The summed E-state index contributed by atoms with van der Waals surface area (Å²) in [4.78, 5) is 43.3. The molecule has 3 aromatic rings. The van der Waals surface area contributed by atoms with Crippen LogP contribution in [0, 0.1) is 0 Å². The average molecular weight is 427 g/mol. The second-order valence-electron chi connectivity index (χ2n) is 8.28. The summed E-state index contributed by atoms with van der Waals surface area (Å²) in [6, 6.07) is 25.0. The highest BCUT2D eigenvalue weighted by atomic mass is 16.2. The van der Waals surface area contributed by atoms with Gasteiger partial charge in [-0.25, -0.2) is 0 Å². The maximum atomic E-state index is 13.9. The fourth-order valence-electron chi connectivity index (χ4n) is 4.10. The lowest BCUT2D eigenvalue weighted by molar-refractivity contribution is -0.137. The first kappa shape index (κ1) is 21.5. The van der Waals surface area contributed by atoms with Gasteiger partial charge in [-0.2, -0.15) is 0 Å². The zero-order valence-electron chi connectivity index (χ0n) is 18.3. The van der Waals surface area contributed by atoms with Crippen LogP contribution in [0.15, 0.2) is 84.9 Å². The molecule has 0 unspecified atom stereocenters. The summed E-state index contributed by atoms with van der Waals surface area (Å²) >= 11 is 0. The Labute approximate surface area is 188 Å². The standard InChI is InChI=1S/C27H26N2O3/c1-19(2)28(18-21-13-7-4-8-14-21)27(32)24(17-20-11-5-3-6-12-20)29-25(30)22-15-9-10-16-23(22)26(29)31/h3-16,19,24H,17-18H2,1-2H3/t24-/m0/s1. The summed E-state index contributed by atoms with van der Waals surface area (Å²) in [5.74, 6) is -1.06. The number of rotatable bonds is 7.